The highest BCUT2D eigenvalue weighted by Crippen LogP contribution is 2.33. The molecule has 1 fully saturated rings. The van der Waals surface area contributed by atoms with E-state index in [-0.39, 0.29) is 31.3 Å². The number of methoxy groups -OCH3 is 1. The van der Waals surface area contributed by atoms with Gasteiger partial charge in [0.05, 0.1) is 17.6 Å². The van der Waals surface area contributed by atoms with Crippen LogP contribution in [0, 0.1) is 0 Å². The number of ether oxygens (including phenoxy) is 2. The van der Waals surface area contributed by atoms with Crippen molar-refractivity contribution in [2.75, 3.05) is 13.7 Å². The summed E-state index contributed by atoms with van der Waals surface area (Å²) in [6.45, 7) is 1.93. The van der Waals surface area contributed by atoms with Gasteiger partial charge in [-0.1, -0.05) is 42.2 Å². The highest BCUT2D eigenvalue weighted by molar-refractivity contribution is 8.26. The minimum Gasteiger partial charge on any atom is -0.496 e. The fourth-order valence-corrected chi connectivity index (χ4v) is 4.58. The van der Waals surface area contributed by atoms with Crippen LogP contribution >= 0.6 is 24.0 Å². The molecule has 0 saturated carbocycles. The first-order chi connectivity index (χ1) is 15.8. The van der Waals surface area contributed by atoms with Gasteiger partial charge in [-0.05, 0) is 49.2 Å². The molecule has 1 amide bonds. The van der Waals surface area contributed by atoms with Crippen LogP contribution in [0.3, 0.4) is 0 Å². The Balaban J connectivity index is 1.77. The standard InChI is InChI=1S/C24H23NO6S2/c1-15(26)18-6-3-4-7-20(18)31-14-17-12-16(9-10-19(17)30-2)13-21-23(29)25(24(32)33-21)11-5-8-22(27)28/h3-4,6-7,9-10,12-13H,5,8,11,14H2,1-2H3,(H,27,28). The molecular formula is C24H23NO6S2. The van der Waals surface area contributed by atoms with Gasteiger partial charge in [0.25, 0.3) is 5.91 Å². The molecular weight excluding hydrogens is 462 g/mol. The average Bonchev–Trinajstić information content (AvgIpc) is 3.05. The van der Waals surface area contributed by atoms with Crippen LogP contribution in [0.2, 0.25) is 0 Å². The predicted octanol–water partition coefficient (Wildman–Crippen LogP) is 4.54. The fourth-order valence-electron chi connectivity index (χ4n) is 3.27. The van der Waals surface area contributed by atoms with E-state index in [1.165, 1.54) is 23.6 Å². The van der Waals surface area contributed by atoms with E-state index >= 15 is 0 Å². The maximum atomic E-state index is 12.7. The smallest absolute Gasteiger partial charge is 0.303 e. The number of rotatable bonds is 10. The molecule has 1 heterocycles. The summed E-state index contributed by atoms with van der Waals surface area (Å²) in [5.74, 6) is -0.126. The van der Waals surface area contributed by atoms with Gasteiger partial charge in [-0.3, -0.25) is 19.3 Å². The summed E-state index contributed by atoms with van der Waals surface area (Å²) >= 11 is 6.48. The van der Waals surface area contributed by atoms with Gasteiger partial charge in [-0.15, -0.1) is 0 Å². The fraction of sp³-hybridized carbons (Fsp3) is 0.250. The van der Waals surface area contributed by atoms with Gasteiger partial charge >= 0.3 is 5.97 Å². The molecule has 0 radical (unpaired) electrons. The molecule has 172 valence electrons. The first kappa shape index (κ1) is 24.5. The highest BCUT2D eigenvalue weighted by atomic mass is 32.2. The maximum Gasteiger partial charge on any atom is 0.303 e. The normalized spacial score (nSPS) is 14.6. The van der Waals surface area contributed by atoms with Gasteiger partial charge in [0.2, 0.25) is 0 Å². The minimum atomic E-state index is -0.908. The first-order valence-electron chi connectivity index (χ1n) is 10.2. The maximum absolute atomic E-state index is 12.7. The number of hydrogen-bond donors (Lipinski definition) is 1. The van der Waals surface area contributed by atoms with E-state index < -0.39 is 5.97 Å². The molecule has 0 aromatic heterocycles. The van der Waals surface area contributed by atoms with Crippen molar-refractivity contribution in [3.8, 4) is 11.5 Å². The number of Topliss-reactive ketones (excluding diaryl/α,β-unsaturated/α-hetero) is 1. The number of thioether (sulfide) groups is 1. The summed E-state index contributed by atoms with van der Waals surface area (Å²) in [6.07, 6.45) is 2.05. The van der Waals surface area contributed by atoms with E-state index in [1.807, 2.05) is 12.1 Å². The Bertz CT molecular complexity index is 1130. The molecule has 1 saturated heterocycles. The average molecular weight is 486 g/mol. The molecule has 0 bridgehead atoms. The van der Waals surface area contributed by atoms with Crippen LogP contribution in [0.4, 0.5) is 0 Å². The van der Waals surface area contributed by atoms with Crippen molar-refractivity contribution in [3.63, 3.8) is 0 Å². The van der Waals surface area contributed by atoms with Crippen molar-refractivity contribution < 1.29 is 29.0 Å². The molecule has 0 aliphatic carbocycles. The van der Waals surface area contributed by atoms with Crippen molar-refractivity contribution in [2.45, 2.75) is 26.4 Å². The molecule has 3 rings (SSSR count). The van der Waals surface area contributed by atoms with Crippen LogP contribution in [0.5, 0.6) is 11.5 Å². The largest absolute Gasteiger partial charge is 0.496 e. The second-order valence-electron chi connectivity index (χ2n) is 7.24. The third-order valence-corrected chi connectivity index (χ3v) is 6.28. The zero-order chi connectivity index (χ0) is 24.0. The van der Waals surface area contributed by atoms with E-state index in [0.29, 0.717) is 32.7 Å². The summed E-state index contributed by atoms with van der Waals surface area (Å²) < 4.78 is 11.8. The zero-order valence-electron chi connectivity index (χ0n) is 18.2. The lowest BCUT2D eigenvalue weighted by Crippen LogP contribution is -2.29. The third kappa shape index (κ3) is 6.21. The predicted molar refractivity (Wildman–Crippen MR) is 131 cm³/mol. The highest BCUT2D eigenvalue weighted by Gasteiger charge is 2.31. The topological polar surface area (TPSA) is 93.1 Å². The molecule has 0 spiro atoms. The number of nitrogens with zero attached hydrogens (tertiary/aromatic N) is 1. The summed E-state index contributed by atoms with van der Waals surface area (Å²) in [5, 5.41) is 8.80. The van der Waals surface area contributed by atoms with Crippen LogP contribution < -0.4 is 9.47 Å². The number of thiocarbonyl (C=S) groups is 1. The molecule has 1 aliphatic heterocycles. The van der Waals surface area contributed by atoms with Gasteiger partial charge in [-0.25, -0.2) is 0 Å². The molecule has 0 unspecified atom stereocenters. The number of amides is 1. The lowest BCUT2D eigenvalue weighted by molar-refractivity contribution is -0.137. The Morgan fingerprint density at radius 2 is 1.94 bits per heavy atom. The number of ketones is 1. The summed E-state index contributed by atoms with van der Waals surface area (Å²) in [5.41, 5.74) is 2.01. The van der Waals surface area contributed by atoms with Crippen molar-refractivity contribution in [2.24, 2.45) is 0 Å². The Labute approximate surface area is 201 Å². The third-order valence-electron chi connectivity index (χ3n) is 4.90. The van der Waals surface area contributed by atoms with Gasteiger partial charge in [0.1, 0.15) is 22.4 Å². The molecule has 7 nitrogen and oxygen atoms in total. The van der Waals surface area contributed by atoms with Crippen LogP contribution in [-0.2, 0) is 16.2 Å². The van der Waals surface area contributed by atoms with E-state index in [2.05, 4.69) is 0 Å². The first-order valence-corrected chi connectivity index (χ1v) is 11.4. The second-order valence-corrected chi connectivity index (χ2v) is 8.92. The number of hydrogen-bond acceptors (Lipinski definition) is 7. The molecule has 2 aromatic carbocycles. The lowest BCUT2D eigenvalue weighted by atomic mass is 10.1. The molecule has 1 aliphatic rings. The van der Waals surface area contributed by atoms with E-state index in [4.69, 9.17) is 26.8 Å². The summed E-state index contributed by atoms with van der Waals surface area (Å²) in [4.78, 5) is 37.2. The van der Waals surface area contributed by atoms with Crippen LogP contribution in [0.15, 0.2) is 47.4 Å². The van der Waals surface area contributed by atoms with Crippen LogP contribution in [0.1, 0.15) is 41.3 Å². The zero-order valence-corrected chi connectivity index (χ0v) is 19.8. The van der Waals surface area contributed by atoms with Crippen molar-refractivity contribution >= 4 is 52.0 Å². The van der Waals surface area contributed by atoms with E-state index in [9.17, 15) is 14.4 Å². The van der Waals surface area contributed by atoms with Crippen molar-refractivity contribution in [1.29, 1.82) is 0 Å². The second kappa shape index (κ2) is 11.1. The Morgan fingerprint density at radius 1 is 1.18 bits per heavy atom. The number of carbonyl (C=O) groups excluding carboxylic acids is 2. The van der Waals surface area contributed by atoms with Gasteiger partial charge in [-0.2, -0.15) is 0 Å². The number of carbonyl (C=O) groups is 3. The molecule has 9 heteroatoms. The Morgan fingerprint density at radius 3 is 2.64 bits per heavy atom. The molecule has 2 aromatic rings. The Hall–Kier alpha value is -3.17. The van der Waals surface area contributed by atoms with Gasteiger partial charge < -0.3 is 14.6 Å². The van der Waals surface area contributed by atoms with Gasteiger partial charge in [0, 0.05) is 18.5 Å². The van der Waals surface area contributed by atoms with Crippen molar-refractivity contribution in [3.05, 3.63) is 64.1 Å². The van der Waals surface area contributed by atoms with E-state index in [1.54, 1.807) is 43.5 Å². The minimum absolute atomic E-state index is 0.0231. The van der Waals surface area contributed by atoms with E-state index in [0.717, 1.165) is 11.1 Å². The number of aliphatic carboxylic acids is 1. The number of para-hydroxylation sites is 1. The van der Waals surface area contributed by atoms with Gasteiger partial charge in [0.15, 0.2) is 5.78 Å². The quantitative estimate of drug-likeness (QED) is 0.298. The number of carboxylic acids is 1. The molecule has 33 heavy (non-hydrogen) atoms. The Kier molecular flexibility index (Phi) is 8.24. The summed E-state index contributed by atoms with van der Waals surface area (Å²) in [7, 11) is 1.56. The number of carboxylic acid groups (broad SMARTS) is 1. The van der Waals surface area contributed by atoms with Crippen LogP contribution in [-0.4, -0.2) is 45.6 Å². The van der Waals surface area contributed by atoms with Crippen LogP contribution in [0.25, 0.3) is 6.08 Å². The summed E-state index contributed by atoms with van der Waals surface area (Å²) in [6, 6.07) is 12.5. The van der Waals surface area contributed by atoms with Crippen molar-refractivity contribution in [1.82, 2.24) is 4.90 Å². The molecule has 0 atom stereocenters. The SMILES string of the molecule is COc1ccc(C=C2SC(=S)N(CCCC(=O)O)C2=O)cc1COc1ccccc1C(C)=O. The monoisotopic (exact) mass is 485 g/mol. The lowest BCUT2D eigenvalue weighted by Gasteiger charge is -2.13. The molecule has 1 N–H and O–H groups in total. The number of benzene rings is 2.